The van der Waals surface area contributed by atoms with Gasteiger partial charge in [0.25, 0.3) is 0 Å². The standard InChI is InChI=1S/C11H8F2N2O/c12-11(13)16-9-1-2-10(15-7-9)8-3-5-14-6-4-8/h1-7,11H. The van der Waals surface area contributed by atoms with Crippen LogP contribution >= 0.6 is 0 Å². The number of aromatic nitrogens is 2. The quantitative estimate of drug-likeness (QED) is 0.800. The van der Waals surface area contributed by atoms with Crippen LogP contribution in [0.2, 0.25) is 0 Å². The predicted molar refractivity (Wildman–Crippen MR) is 54.1 cm³/mol. The predicted octanol–water partition coefficient (Wildman–Crippen LogP) is 2.75. The van der Waals surface area contributed by atoms with Crippen molar-refractivity contribution in [2.45, 2.75) is 6.61 Å². The number of nitrogens with zero attached hydrogens (tertiary/aromatic N) is 2. The number of pyridine rings is 2. The highest BCUT2D eigenvalue weighted by Gasteiger charge is 2.04. The lowest BCUT2D eigenvalue weighted by Gasteiger charge is -2.04. The lowest BCUT2D eigenvalue weighted by molar-refractivity contribution is -0.0500. The van der Waals surface area contributed by atoms with Crippen molar-refractivity contribution in [1.82, 2.24) is 9.97 Å². The van der Waals surface area contributed by atoms with Crippen LogP contribution in [0.5, 0.6) is 5.75 Å². The molecular formula is C11H8F2N2O. The van der Waals surface area contributed by atoms with Crippen LogP contribution in [0.15, 0.2) is 42.9 Å². The molecule has 0 aliphatic carbocycles. The first kappa shape index (κ1) is 10.5. The first-order valence-electron chi connectivity index (χ1n) is 4.57. The summed E-state index contributed by atoms with van der Waals surface area (Å²) in [5, 5.41) is 0. The summed E-state index contributed by atoms with van der Waals surface area (Å²) in [6, 6.07) is 6.65. The van der Waals surface area contributed by atoms with E-state index in [1.165, 1.54) is 12.3 Å². The van der Waals surface area contributed by atoms with Gasteiger partial charge in [-0.3, -0.25) is 9.97 Å². The van der Waals surface area contributed by atoms with Gasteiger partial charge < -0.3 is 4.74 Å². The van der Waals surface area contributed by atoms with E-state index in [4.69, 9.17) is 0 Å². The summed E-state index contributed by atoms with van der Waals surface area (Å²) in [7, 11) is 0. The van der Waals surface area contributed by atoms with Gasteiger partial charge >= 0.3 is 6.61 Å². The van der Waals surface area contributed by atoms with E-state index in [1.54, 1.807) is 30.6 Å². The zero-order valence-corrected chi connectivity index (χ0v) is 8.18. The fraction of sp³-hybridized carbons (Fsp3) is 0.0909. The molecule has 0 aliphatic rings. The first-order valence-corrected chi connectivity index (χ1v) is 4.57. The molecule has 5 heteroatoms. The molecule has 0 amide bonds. The molecule has 0 aromatic carbocycles. The molecule has 0 fully saturated rings. The molecule has 0 saturated carbocycles. The van der Waals surface area contributed by atoms with Crippen LogP contribution < -0.4 is 4.74 Å². The van der Waals surface area contributed by atoms with Crippen LogP contribution in [-0.2, 0) is 0 Å². The third kappa shape index (κ3) is 2.50. The van der Waals surface area contributed by atoms with E-state index in [2.05, 4.69) is 14.7 Å². The van der Waals surface area contributed by atoms with Crippen molar-refractivity contribution in [3.8, 4) is 17.0 Å². The molecule has 0 spiro atoms. The molecule has 2 heterocycles. The van der Waals surface area contributed by atoms with Crippen LogP contribution in [0.3, 0.4) is 0 Å². The summed E-state index contributed by atoms with van der Waals surface area (Å²) < 4.78 is 28.0. The Morgan fingerprint density at radius 1 is 1.06 bits per heavy atom. The largest absolute Gasteiger partial charge is 0.433 e. The molecule has 0 N–H and O–H groups in total. The Kier molecular flexibility index (Phi) is 3.05. The molecule has 2 aromatic rings. The Morgan fingerprint density at radius 3 is 2.38 bits per heavy atom. The van der Waals surface area contributed by atoms with Crippen LogP contribution in [0, 0.1) is 0 Å². The van der Waals surface area contributed by atoms with Crippen LogP contribution in [0.25, 0.3) is 11.3 Å². The Morgan fingerprint density at radius 2 is 1.81 bits per heavy atom. The zero-order chi connectivity index (χ0) is 11.4. The third-order valence-electron chi connectivity index (χ3n) is 1.94. The van der Waals surface area contributed by atoms with Gasteiger partial charge in [0.05, 0.1) is 11.9 Å². The molecule has 2 aromatic heterocycles. The van der Waals surface area contributed by atoms with Gasteiger partial charge in [-0.05, 0) is 24.3 Å². The minimum Gasteiger partial charge on any atom is -0.433 e. The number of hydrogen-bond acceptors (Lipinski definition) is 3. The fourth-order valence-corrected chi connectivity index (χ4v) is 1.25. The highest BCUT2D eigenvalue weighted by Crippen LogP contribution is 2.19. The monoisotopic (exact) mass is 222 g/mol. The molecule has 0 atom stereocenters. The lowest BCUT2D eigenvalue weighted by atomic mass is 10.2. The van der Waals surface area contributed by atoms with E-state index in [1.807, 2.05) is 0 Å². The molecule has 16 heavy (non-hydrogen) atoms. The minimum atomic E-state index is -2.83. The van der Waals surface area contributed by atoms with E-state index < -0.39 is 6.61 Å². The molecule has 0 saturated heterocycles. The van der Waals surface area contributed by atoms with Crippen LogP contribution in [0.1, 0.15) is 0 Å². The number of hydrogen-bond donors (Lipinski definition) is 0. The SMILES string of the molecule is FC(F)Oc1ccc(-c2ccncc2)nc1. The maximum absolute atomic E-state index is 11.9. The second kappa shape index (κ2) is 4.65. The number of alkyl halides is 2. The fourth-order valence-electron chi connectivity index (χ4n) is 1.25. The van der Waals surface area contributed by atoms with Crippen molar-refractivity contribution in [3.63, 3.8) is 0 Å². The molecular weight excluding hydrogens is 214 g/mol. The number of rotatable bonds is 3. The molecule has 0 aliphatic heterocycles. The molecule has 2 rings (SSSR count). The van der Waals surface area contributed by atoms with Crippen LogP contribution in [0.4, 0.5) is 8.78 Å². The highest BCUT2D eigenvalue weighted by molar-refractivity contribution is 5.58. The van der Waals surface area contributed by atoms with Gasteiger partial charge in [0, 0.05) is 18.0 Å². The van der Waals surface area contributed by atoms with Crippen molar-refractivity contribution in [3.05, 3.63) is 42.9 Å². The van der Waals surface area contributed by atoms with Crippen LogP contribution in [-0.4, -0.2) is 16.6 Å². The van der Waals surface area contributed by atoms with Crippen molar-refractivity contribution >= 4 is 0 Å². The summed E-state index contributed by atoms with van der Waals surface area (Å²) in [5.74, 6) is 0.0489. The van der Waals surface area contributed by atoms with Crippen molar-refractivity contribution < 1.29 is 13.5 Å². The van der Waals surface area contributed by atoms with Gasteiger partial charge in [0.15, 0.2) is 0 Å². The number of halogens is 2. The average molecular weight is 222 g/mol. The topological polar surface area (TPSA) is 35.0 Å². The number of ether oxygens (including phenoxy) is 1. The molecule has 0 unspecified atom stereocenters. The normalized spacial score (nSPS) is 10.4. The Labute approximate surface area is 90.7 Å². The van der Waals surface area contributed by atoms with E-state index in [-0.39, 0.29) is 5.75 Å². The first-order chi connectivity index (χ1) is 7.75. The molecule has 0 radical (unpaired) electrons. The zero-order valence-electron chi connectivity index (χ0n) is 8.18. The second-order valence-corrected chi connectivity index (χ2v) is 2.99. The van der Waals surface area contributed by atoms with Gasteiger partial charge in [0.1, 0.15) is 5.75 Å². The van der Waals surface area contributed by atoms with Crippen molar-refractivity contribution in [2.24, 2.45) is 0 Å². The van der Waals surface area contributed by atoms with Gasteiger partial charge in [-0.1, -0.05) is 0 Å². The second-order valence-electron chi connectivity index (χ2n) is 2.99. The molecule has 82 valence electrons. The minimum absolute atomic E-state index is 0.0489. The van der Waals surface area contributed by atoms with Crippen molar-refractivity contribution in [2.75, 3.05) is 0 Å². The van der Waals surface area contributed by atoms with Gasteiger partial charge in [-0.15, -0.1) is 0 Å². The van der Waals surface area contributed by atoms with Crippen molar-refractivity contribution in [1.29, 1.82) is 0 Å². The van der Waals surface area contributed by atoms with E-state index in [9.17, 15) is 8.78 Å². The summed E-state index contributed by atoms with van der Waals surface area (Å²) in [4.78, 5) is 7.89. The third-order valence-corrected chi connectivity index (χ3v) is 1.94. The summed E-state index contributed by atoms with van der Waals surface area (Å²) in [6.45, 7) is -2.83. The van der Waals surface area contributed by atoms with E-state index >= 15 is 0 Å². The Balaban J connectivity index is 2.20. The Hall–Kier alpha value is -2.04. The van der Waals surface area contributed by atoms with Gasteiger partial charge in [0.2, 0.25) is 0 Å². The van der Waals surface area contributed by atoms with Gasteiger partial charge in [-0.25, -0.2) is 0 Å². The smallest absolute Gasteiger partial charge is 0.387 e. The lowest BCUT2D eigenvalue weighted by Crippen LogP contribution is -2.02. The maximum Gasteiger partial charge on any atom is 0.387 e. The van der Waals surface area contributed by atoms with Gasteiger partial charge in [-0.2, -0.15) is 8.78 Å². The summed E-state index contributed by atoms with van der Waals surface area (Å²) >= 11 is 0. The molecule has 0 bridgehead atoms. The van der Waals surface area contributed by atoms with E-state index in [0.717, 1.165) is 5.56 Å². The van der Waals surface area contributed by atoms with E-state index in [0.29, 0.717) is 5.69 Å². The Bertz CT molecular complexity index is 445. The average Bonchev–Trinajstić information content (AvgIpc) is 2.30. The maximum atomic E-state index is 11.9. The summed E-state index contributed by atoms with van der Waals surface area (Å²) in [6.07, 6.45) is 4.54. The summed E-state index contributed by atoms with van der Waals surface area (Å²) in [5.41, 5.74) is 1.56. The highest BCUT2D eigenvalue weighted by atomic mass is 19.3. The molecule has 3 nitrogen and oxygen atoms in total.